The molecule has 2 saturated heterocycles. The quantitative estimate of drug-likeness (QED) is 0.755. The van der Waals surface area contributed by atoms with Crippen molar-refractivity contribution in [3.05, 3.63) is 35.9 Å². The van der Waals surface area contributed by atoms with Crippen LogP contribution in [-0.4, -0.2) is 36.7 Å². The molecule has 7 nitrogen and oxygen atoms in total. The van der Waals surface area contributed by atoms with E-state index in [0.717, 1.165) is 5.56 Å². The van der Waals surface area contributed by atoms with Gasteiger partial charge in [0.1, 0.15) is 12.7 Å². The number of hydrogen-bond donors (Lipinski definition) is 2. The minimum atomic E-state index is -0.506. The molecule has 2 fully saturated rings. The SMILES string of the molecule is C[C@@H]1C[C@@H]2OC(=O)N[C@H]2CCC(=O)N[C@H](c2ccccc2)COC1=O. The summed E-state index contributed by atoms with van der Waals surface area (Å²) in [6.07, 6.45) is 0.169. The van der Waals surface area contributed by atoms with Gasteiger partial charge in [0.2, 0.25) is 5.91 Å². The molecule has 0 radical (unpaired) electrons. The van der Waals surface area contributed by atoms with Crippen molar-refractivity contribution in [1.29, 1.82) is 0 Å². The van der Waals surface area contributed by atoms with Crippen molar-refractivity contribution in [2.24, 2.45) is 5.92 Å². The molecule has 0 unspecified atom stereocenters. The molecule has 2 heterocycles. The molecule has 0 aromatic heterocycles. The fourth-order valence-electron chi connectivity index (χ4n) is 3.18. The number of benzene rings is 1. The fourth-order valence-corrected chi connectivity index (χ4v) is 3.18. The van der Waals surface area contributed by atoms with Crippen LogP contribution in [0.2, 0.25) is 0 Å². The topological polar surface area (TPSA) is 93.7 Å². The van der Waals surface area contributed by atoms with Gasteiger partial charge in [-0.15, -0.1) is 0 Å². The number of cyclic esters (lactones) is 1. The van der Waals surface area contributed by atoms with Gasteiger partial charge in [0.05, 0.1) is 18.0 Å². The maximum absolute atomic E-state index is 12.3. The Balaban J connectivity index is 1.76. The molecule has 2 aliphatic rings. The number of esters is 1. The number of carbonyl (C=O) groups excluding carboxylic acids is 3. The lowest BCUT2D eigenvalue weighted by atomic mass is 9.96. The summed E-state index contributed by atoms with van der Waals surface area (Å²) in [5.74, 6) is -0.914. The highest BCUT2D eigenvalue weighted by Crippen LogP contribution is 2.23. The van der Waals surface area contributed by atoms with Gasteiger partial charge >= 0.3 is 12.1 Å². The summed E-state index contributed by atoms with van der Waals surface area (Å²) in [7, 11) is 0. The van der Waals surface area contributed by atoms with Gasteiger partial charge in [-0.2, -0.15) is 0 Å². The summed E-state index contributed by atoms with van der Waals surface area (Å²) in [5.41, 5.74) is 0.878. The van der Waals surface area contributed by atoms with Crippen LogP contribution in [0, 0.1) is 5.92 Å². The van der Waals surface area contributed by atoms with Gasteiger partial charge in [-0.1, -0.05) is 37.3 Å². The van der Waals surface area contributed by atoms with Gasteiger partial charge in [0.15, 0.2) is 0 Å². The molecular weight excluding hydrogens is 324 g/mol. The Morgan fingerprint density at radius 3 is 2.60 bits per heavy atom. The van der Waals surface area contributed by atoms with E-state index in [1.807, 2.05) is 30.3 Å². The third-order valence-corrected chi connectivity index (χ3v) is 4.61. The second kappa shape index (κ2) is 7.55. The van der Waals surface area contributed by atoms with Crippen molar-refractivity contribution < 1.29 is 23.9 Å². The van der Waals surface area contributed by atoms with Crippen LogP contribution in [0.5, 0.6) is 0 Å². The Kier molecular flexibility index (Phi) is 5.21. The normalized spacial score (nSPS) is 30.7. The van der Waals surface area contributed by atoms with Crippen molar-refractivity contribution in [2.45, 2.75) is 44.4 Å². The highest BCUT2D eigenvalue weighted by molar-refractivity contribution is 5.77. The Labute approximate surface area is 146 Å². The van der Waals surface area contributed by atoms with Gasteiger partial charge in [0.25, 0.3) is 0 Å². The van der Waals surface area contributed by atoms with Crippen LogP contribution in [0.3, 0.4) is 0 Å². The maximum atomic E-state index is 12.3. The fraction of sp³-hybridized carbons (Fsp3) is 0.500. The molecule has 2 aliphatic heterocycles. The lowest BCUT2D eigenvalue weighted by Gasteiger charge is -2.24. The zero-order valence-corrected chi connectivity index (χ0v) is 14.1. The minimum absolute atomic E-state index is 0.0745. The highest BCUT2D eigenvalue weighted by atomic mass is 16.6. The van der Waals surface area contributed by atoms with E-state index in [1.165, 1.54) is 0 Å². The molecule has 1 aromatic carbocycles. The molecule has 2 amide bonds. The molecule has 0 bridgehead atoms. The number of rotatable bonds is 1. The van der Waals surface area contributed by atoms with Crippen LogP contribution in [0.15, 0.2) is 30.3 Å². The molecule has 0 spiro atoms. The number of nitrogens with one attached hydrogen (secondary N) is 2. The average molecular weight is 346 g/mol. The third-order valence-electron chi connectivity index (χ3n) is 4.61. The van der Waals surface area contributed by atoms with Crippen molar-refractivity contribution in [3.63, 3.8) is 0 Å². The number of alkyl carbamates (subject to hydrolysis) is 1. The predicted octanol–water partition coefficient (Wildman–Crippen LogP) is 1.68. The summed E-state index contributed by atoms with van der Waals surface area (Å²) >= 11 is 0. The lowest BCUT2D eigenvalue weighted by molar-refractivity contribution is -0.150. The highest BCUT2D eigenvalue weighted by Gasteiger charge is 2.37. The molecule has 0 saturated carbocycles. The van der Waals surface area contributed by atoms with E-state index in [0.29, 0.717) is 12.8 Å². The van der Waals surface area contributed by atoms with Crippen LogP contribution in [-0.2, 0) is 19.1 Å². The molecule has 3 rings (SSSR count). The van der Waals surface area contributed by atoms with Crippen LogP contribution in [0.4, 0.5) is 4.79 Å². The number of carbonyl (C=O) groups is 3. The average Bonchev–Trinajstić information content (AvgIpc) is 2.95. The molecule has 0 aliphatic carbocycles. The van der Waals surface area contributed by atoms with Gasteiger partial charge in [-0.05, 0) is 18.4 Å². The zero-order chi connectivity index (χ0) is 17.8. The van der Waals surface area contributed by atoms with Gasteiger partial charge in [-0.25, -0.2) is 4.79 Å². The Hall–Kier alpha value is -2.57. The summed E-state index contributed by atoms with van der Waals surface area (Å²) in [6, 6.07) is 8.73. The monoisotopic (exact) mass is 346 g/mol. The van der Waals surface area contributed by atoms with Crippen molar-refractivity contribution in [1.82, 2.24) is 10.6 Å². The first-order valence-electron chi connectivity index (χ1n) is 8.51. The predicted molar refractivity (Wildman–Crippen MR) is 88.5 cm³/mol. The molecular formula is C18H22N2O5. The molecule has 4 atom stereocenters. The number of fused-ring (bicyclic) bond motifs is 1. The van der Waals surface area contributed by atoms with E-state index < -0.39 is 24.2 Å². The molecule has 1 aromatic rings. The molecule has 7 heteroatoms. The van der Waals surface area contributed by atoms with Crippen LogP contribution < -0.4 is 10.6 Å². The second-order valence-corrected chi connectivity index (χ2v) is 6.53. The third kappa shape index (κ3) is 4.29. The summed E-state index contributed by atoms with van der Waals surface area (Å²) in [6.45, 7) is 1.83. The van der Waals surface area contributed by atoms with E-state index in [4.69, 9.17) is 9.47 Å². The van der Waals surface area contributed by atoms with Crippen LogP contribution in [0.1, 0.15) is 37.8 Å². The van der Waals surface area contributed by atoms with E-state index in [-0.39, 0.29) is 30.9 Å². The Bertz CT molecular complexity index is 648. The Morgan fingerprint density at radius 2 is 1.84 bits per heavy atom. The number of amides is 2. The van der Waals surface area contributed by atoms with E-state index in [1.54, 1.807) is 6.92 Å². The summed E-state index contributed by atoms with van der Waals surface area (Å²) < 4.78 is 10.6. The van der Waals surface area contributed by atoms with E-state index in [9.17, 15) is 14.4 Å². The molecule has 134 valence electrons. The van der Waals surface area contributed by atoms with Gasteiger partial charge < -0.3 is 20.1 Å². The number of hydrogen-bond acceptors (Lipinski definition) is 5. The van der Waals surface area contributed by atoms with Gasteiger partial charge in [0, 0.05) is 6.42 Å². The minimum Gasteiger partial charge on any atom is -0.463 e. The van der Waals surface area contributed by atoms with Crippen molar-refractivity contribution in [2.75, 3.05) is 6.61 Å². The maximum Gasteiger partial charge on any atom is 0.407 e. The first-order valence-corrected chi connectivity index (χ1v) is 8.51. The molecule has 2 N–H and O–H groups in total. The second-order valence-electron chi connectivity index (χ2n) is 6.53. The van der Waals surface area contributed by atoms with Gasteiger partial charge in [-0.3, -0.25) is 9.59 Å². The number of ether oxygens (including phenoxy) is 2. The standard InChI is InChI=1S/C18H22N2O5/c1-11-9-15-13(20-18(23)25-15)7-8-16(21)19-14(10-24-17(11)22)12-5-3-2-4-6-12/h2-6,11,13-15H,7-10H2,1H3,(H,19,21)(H,20,23)/t11-,13+,14+,15+/m1/s1. The summed E-state index contributed by atoms with van der Waals surface area (Å²) in [4.78, 5) is 36.1. The van der Waals surface area contributed by atoms with Crippen molar-refractivity contribution >= 4 is 18.0 Å². The van der Waals surface area contributed by atoms with E-state index >= 15 is 0 Å². The molecule has 25 heavy (non-hydrogen) atoms. The largest absolute Gasteiger partial charge is 0.463 e. The van der Waals surface area contributed by atoms with Crippen LogP contribution in [0.25, 0.3) is 0 Å². The van der Waals surface area contributed by atoms with E-state index in [2.05, 4.69) is 10.6 Å². The summed E-state index contributed by atoms with van der Waals surface area (Å²) in [5, 5.41) is 5.62. The Morgan fingerprint density at radius 1 is 1.08 bits per heavy atom. The zero-order valence-electron chi connectivity index (χ0n) is 14.1. The van der Waals surface area contributed by atoms with Crippen LogP contribution >= 0.6 is 0 Å². The lowest BCUT2D eigenvalue weighted by Crippen LogP contribution is -2.38. The first kappa shape index (κ1) is 17.3. The van der Waals surface area contributed by atoms with Crippen molar-refractivity contribution in [3.8, 4) is 0 Å². The smallest absolute Gasteiger partial charge is 0.407 e. The first-order chi connectivity index (χ1) is 12.0.